The highest BCUT2D eigenvalue weighted by Gasteiger charge is 2.07. The molecule has 0 fully saturated rings. The van der Waals surface area contributed by atoms with Crippen molar-refractivity contribution in [2.75, 3.05) is 0 Å². The van der Waals surface area contributed by atoms with Crippen LogP contribution in [0.4, 0.5) is 0 Å². The van der Waals surface area contributed by atoms with Crippen LogP contribution in [0.2, 0.25) is 0 Å². The van der Waals surface area contributed by atoms with Gasteiger partial charge in [-0.2, -0.15) is 0 Å². The number of rotatable bonds is 4. The minimum atomic E-state index is 0.583. The topological polar surface area (TPSA) is 17.1 Å². The van der Waals surface area contributed by atoms with Gasteiger partial charge in [-0.1, -0.05) is 38.1 Å². The lowest BCUT2D eigenvalue weighted by Crippen LogP contribution is -1.95. The van der Waals surface area contributed by atoms with E-state index in [1.807, 2.05) is 12.1 Å². The maximum absolute atomic E-state index is 11.2. The highest BCUT2D eigenvalue weighted by Crippen LogP contribution is 2.22. The van der Waals surface area contributed by atoms with Gasteiger partial charge in [-0.15, -0.1) is 0 Å². The van der Waals surface area contributed by atoms with Crippen molar-refractivity contribution < 1.29 is 4.79 Å². The summed E-state index contributed by atoms with van der Waals surface area (Å²) in [7, 11) is 0. The van der Waals surface area contributed by atoms with E-state index in [2.05, 4.69) is 39.8 Å². The van der Waals surface area contributed by atoms with Crippen LogP contribution in [0.5, 0.6) is 0 Å². The van der Waals surface area contributed by atoms with E-state index in [0.29, 0.717) is 5.92 Å². The van der Waals surface area contributed by atoms with Crippen molar-refractivity contribution >= 4 is 11.9 Å². The molecule has 0 amide bonds. The Morgan fingerprint density at radius 2 is 1.81 bits per heavy atom. The minimum Gasteiger partial charge on any atom is -0.298 e. The molecule has 0 heterocycles. The van der Waals surface area contributed by atoms with Crippen molar-refractivity contribution in [3.05, 3.63) is 41.0 Å². The molecule has 1 rings (SSSR count). The molecule has 0 saturated heterocycles. The fraction of sp³-hybridized carbons (Fsp3) is 0.400. The summed E-state index contributed by atoms with van der Waals surface area (Å²) in [5, 5.41) is 0. The maximum atomic E-state index is 11.2. The molecule has 86 valence electrons. The van der Waals surface area contributed by atoms with Crippen molar-refractivity contribution in [2.24, 2.45) is 5.92 Å². The smallest absolute Gasteiger partial charge is 0.150 e. The van der Waals surface area contributed by atoms with Gasteiger partial charge >= 0.3 is 0 Å². The van der Waals surface area contributed by atoms with Crippen molar-refractivity contribution in [3.63, 3.8) is 0 Å². The lowest BCUT2D eigenvalue weighted by Gasteiger charge is -2.09. The molecule has 0 saturated carbocycles. The van der Waals surface area contributed by atoms with E-state index in [1.165, 1.54) is 11.1 Å². The van der Waals surface area contributed by atoms with Crippen molar-refractivity contribution in [2.45, 2.75) is 34.1 Å². The predicted molar refractivity (Wildman–Crippen MR) is 69.4 cm³/mol. The van der Waals surface area contributed by atoms with Gasteiger partial charge in [0.05, 0.1) is 0 Å². The van der Waals surface area contributed by atoms with Gasteiger partial charge < -0.3 is 0 Å². The normalized spacial score (nSPS) is 11.9. The number of aryl methyl sites for hydroxylation is 2. The third-order valence-electron chi connectivity index (χ3n) is 2.71. The molecule has 0 bridgehead atoms. The lowest BCUT2D eigenvalue weighted by molar-refractivity contribution is -0.103. The number of hydrogen-bond acceptors (Lipinski definition) is 1. The average molecular weight is 216 g/mol. The molecule has 0 aliphatic carbocycles. The summed E-state index contributed by atoms with van der Waals surface area (Å²) in [5.41, 5.74) is 4.26. The Morgan fingerprint density at radius 3 is 2.25 bits per heavy atom. The summed E-state index contributed by atoms with van der Waals surface area (Å²) in [6.07, 6.45) is 3.96. The number of allylic oxidation sites excluding steroid dienone is 2. The Balaban J connectivity index is 3.13. The van der Waals surface area contributed by atoms with Gasteiger partial charge in [-0.25, -0.2) is 0 Å². The Labute approximate surface area is 98.2 Å². The SMILES string of the molecule is Cc1cccc(C)c1C(C=O)=CCC(C)C. The van der Waals surface area contributed by atoms with Gasteiger partial charge in [0.2, 0.25) is 0 Å². The number of carbonyl (C=O) groups is 1. The van der Waals surface area contributed by atoms with Crippen molar-refractivity contribution in [1.29, 1.82) is 0 Å². The molecular formula is C15H20O. The molecule has 1 nitrogen and oxygen atoms in total. The van der Waals surface area contributed by atoms with E-state index in [-0.39, 0.29) is 0 Å². The fourth-order valence-electron chi connectivity index (χ4n) is 1.84. The van der Waals surface area contributed by atoms with Gasteiger partial charge in [0.15, 0.2) is 0 Å². The van der Waals surface area contributed by atoms with Crippen LogP contribution in [0.1, 0.15) is 37.0 Å². The standard InChI is InChI=1S/C15H20O/c1-11(2)8-9-14(10-16)15-12(3)6-5-7-13(15)4/h5-7,9-11H,8H2,1-4H3. The zero-order valence-corrected chi connectivity index (χ0v) is 10.6. The molecule has 16 heavy (non-hydrogen) atoms. The van der Waals surface area contributed by atoms with Crippen LogP contribution >= 0.6 is 0 Å². The second-order valence-corrected chi connectivity index (χ2v) is 4.67. The molecule has 0 atom stereocenters. The second kappa shape index (κ2) is 5.64. The molecule has 1 aromatic rings. The zero-order valence-electron chi connectivity index (χ0n) is 10.6. The van der Waals surface area contributed by atoms with Crippen LogP contribution in [-0.4, -0.2) is 6.29 Å². The first kappa shape index (κ1) is 12.7. The van der Waals surface area contributed by atoms with E-state index in [1.54, 1.807) is 0 Å². The quantitative estimate of drug-likeness (QED) is 0.550. The van der Waals surface area contributed by atoms with Crippen molar-refractivity contribution in [3.8, 4) is 0 Å². The first-order valence-electron chi connectivity index (χ1n) is 5.78. The van der Waals surface area contributed by atoms with Gasteiger partial charge in [0, 0.05) is 5.57 Å². The number of benzene rings is 1. The summed E-state index contributed by atoms with van der Waals surface area (Å²) >= 11 is 0. The first-order valence-corrected chi connectivity index (χ1v) is 5.78. The molecule has 1 aromatic carbocycles. The second-order valence-electron chi connectivity index (χ2n) is 4.67. The molecule has 0 unspecified atom stereocenters. The Bertz CT molecular complexity index is 380. The van der Waals surface area contributed by atoms with Gasteiger partial charge in [-0.3, -0.25) is 4.79 Å². The molecule has 0 aromatic heterocycles. The van der Waals surface area contributed by atoms with Crippen LogP contribution < -0.4 is 0 Å². The third kappa shape index (κ3) is 3.06. The van der Waals surface area contributed by atoms with E-state index < -0.39 is 0 Å². The van der Waals surface area contributed by atoms with E-state index >= 15 is 0 Å². The number of carbonyl (C=O) groups excluding carboxylic acids is 1. The molecule has 0 aliphatic rings. The fourth-order valence-corrected chi connectivity index (χ4v) is 1.84. The molecule has 0 aliphatic heterocycles. The summed E-state index contributed by atoms with van der Waals surface area (Å²) in [6, 6.07) is 6.13. The average Bonchev–Trinajstić information content (AvgIpc) is 2.22. The van der Waals surface area contributed by atoms with Gasteiger partial charge in [-0.05, 0) is 42.9 Å². The van der Waals surface area contributed by atoms with Crippen LogP contribution in [0, 0.1) is 19.8 Å². The van der Waals surface area contributed by atoms with Gasteiger partial charge in [0.25, 0.3) is 0 Å². The molecule has 0 radical (unpaired) electrons. The summed E-state index contributed by atoms with van der Waals surface area (Å²) < 4.78 is 0. The monoisotopic (exact) mass is 216 g/mol. The van der Waals surface area contributed by atoms with Crippen LogP contribution in [0.3, 0.4) is 0 Å². The molecular weight excluding hydrogens is 196 g/mol. The summed E-state index contributed by atoms with van der Waals surface area (Å²) in [6.45, 7) is 8.41. The Kier molecular flexibility index (Phi) is 4.48. The van der Waals surface area contributed by atoms with Crippen LogP contribution in [-0.2, 0) is 4.79 Å². The molecule has 1 heteroatoms. The third-order valence-corrected chi connectivity index (χ3v) is 2.71. The predicted octanol–water partition coefficient (Wildman–Crippen LogP) is 3.93. The van der Waals surface area contributed by atoms with Crippen LogP contribution in [0.15, 0.2) is 24.3 Å². The molecule has 0 N–H and O–H groups in total. The van der Waals surface area contributed by atoms with E-state index in [9.17, 15) is 4.79 Å². The zero-order chi connectivity index (χ0) is 12.1. The number of hydrogen-bond donors (Lipinski definition) is 0. The van der Waals surface area contributed by atoms with E-state index in [0.717, 1.165) is 23.8 Å². The minimum absolute atomic E-state index is 0.583. The molecule has 0 spiro atoms. The summed E-state index contributed by atoms with van der Waals surface area (Å²) in [4.78, 5) is 11.2. The maximum Gasteiger partial charge on any atom is 0.150 e. The van der Waals surface area contributed by atoms with E-state index in [4.69, 9.17) is 0 Å². The Morgan fingerprint density at radius 1 is 1.25 bits per heavy atom. The highest BCUT2D eigenvalue weighted by atomic mass is 16.1. The van der Waals surface area contributed by atoms with Gasteiger partial charge in [0.1, 0.15) is 6.29 Å². The highest BCUT2D eigenvalue weighted by molar-refractivity contribution is 6.08. The first-order chi connectivity index (χ1) is 7.56. The van der Waals surface area contributed by atoms with Crippen LogP contribution in [0.25, 0.3) is 5.57 Å². The summed E-state index contributed by atoms with van der Waals surface area (Å²) in [5.74, 6) is 0.583. The Hall–Kier alpha value is -1.37. The number of aldehydes is 1. The largest absolute Gasteiger partial charge is 0.298 e. The van der Waals surface area contributed by atoms with Crippen molar-refractivity contribution in [1.82, 2.24) is 0 Å². The lowest BCUT2D eigenvalue weighted by atomic mass is 9.95.